The van der Waals surface area contributed by atoms with Crippen LogP contribution in [0.3, 0.4) is 0 Å². The zero-order valence-electron chi connectivity index (χ0n) is 14.1. The van der Waals surface area contributed by atoms with Gasteiger partial charge in [0.25, 0.3) is 0 Å². The molecule has 0 unspecified atom stereocenters. The van der Waals surface area contributed by atoms with E-state index >= 15 is 0 Å². The van der Waals surface area contributed by atoms with E-state index in [1.807, 2.05) is 46.0 Å². The normalized spacial score (nSPS) is 16.0. The Morgan fingerprint density at radius 1 is 1.32 bits per heavy atom. The van der Waals surface area contributed by atoms with E-state index in [1.165, 1.54) is 0 Å². The molecule has 0 bridgehead atoms. The second-order valence-electron chi connectivity index (χ2n) is 6.86. The molecule has 2 rings (SSSR count). The lowest BCUT2D eigenvalue weighted by molar-refractivity contribution is 0.0635. The molecule has 0 spiro atoms. The van der Waals surface area contributed by atoms with Crippen LogP contribution in [0.2, 0.25) is 0 Å². The lowest BCUT2D eigenvalue weighted by atomic mass is 10.0. The van der Waals surface area contributed by atoms with E-state index in [1.54, 1.807) is 7.11 Å². The lowest BCUT2D eigenvalue weighted by Gasteiger charge is -2.22. The molecule has 22 heavy (non-hydrogen) atoms. The van der Waals surface area contributed by atoms with Gasteiger partial charge >= 0.3 is 6.09 Å². The molecule has 5 nitrogen and oxygen atoms in total. The molecule has 0 aromatic heterocycles. The topological polar surface area (TPSA) is 59.6 Å². The Labute approximate surface area is 132 Å². The average molecular weight is 306 g/mol. The first-order valence-corrected chi connectivity index (χ1v) is 7.63. The summed E-state index contributed by atoms with van der Waals surface area (Å²) in [6.07, 6.45) is 2.73. The maximum atomic E-state index is 12.0. The van der Waals surface area contributed by atoms with Crippen molar-refractivity contribution < 1.29 is 14.3 Å². The molecular weight excluding hydrogens is 280 g/mol. The van der Waals surface area contributed by atoms with Crippen molar-refractivity contribution in [3.05, 3.63) is 23.8 Å². The monoisotopic (exact) mass is 306 g/mol. The van der Waals surface area contributed by atoms with Gasteiger partial charge in [0, 0.05) is 11.6 Å². The van der Waals surface area contributed by atoms with Gasteiger partial charge in [-0.1, -0.05) is 6.07 Å². The van der Waals surface area contributed by atoms with Crippen molar-refractivity contribution in [2.45, 2.75) is 51.2 Å². The number of amides is 1. The summed E-state index contributed by atoms with van der Waals surface area (Å²) in [6, 6.07) is 5.76. The van der Waals surface area contributed by atoms with Crippen LogP contribution >= 0.6 is 0 Å². The van der Waals surface area contributed by atoms with Gasteiger partial charge in [-0.05, 0) is 58.7 Å². The van der Waals surface area contributed by atoms with Gasteiger partial charge < -0.3 is 14.8 Å². The second-order valence-corrected chi connectivity index (χ2v) is 6.86. The quantitative estimate of drug-likeness (QED) is 0.876. The summed E-state index contributed by atoms with van der Waals surface area (Å²) in [5.74, 6) is 0.712. The summed E-state index contributed by atoms with van der Waals surface area (Å²) in [5, 5.41) is 6.22. The second kappa shape index (κ2) is 6.16. The molecule has 2 N–H and O–H groups in total. The minimum absolute atomic E-state index is 0.166. The number of benzene rings is 1. The van der Waals surface area contributed by atoms with Crippen LogP contribution < -0.4 is 15.4 Å². The van der Waals surface area contributed by atoms with Crippen LogP contribution in [0.4, 0.5) is 10.5 Å². The predicted molar refractivity (Wildman–Crippen MR) is 87.6 cm³/mol. The van der Waals surface area contributed by atoms with Gasteiger partial charge in [0.2, 0.25) is 0 Å². The number of ether oxygens (including phenoxy) is 2. The van der Waals surface area contributed by atoms with Crippen molar-refractivity contribution in [2.24, 2.45) is 0 Å². The van der Waals surface area contributed by atoms with E-state index < -0.39 is 11.7 Å². The molecule has 0 atom stereocenters. The van der Waals surface area contributed by atoms with Crippen molar-refractivity contribution in [1.29, 1.82) is 0 Å². The van der Waals surface area contributed by atoms with Gasteiger partial charge in [0.15, 0.2) is 0 Å². The molecule has 0 aliphatic heterocycles. The molecule has 0 heterocycles. The number of nitrogens with one attached hydrogen (secondary N) is 2. The Bertz CT molecular complexity index is 545. The summed E-state index contributed by atoms with van der Waals surface area (Å²) >= 11 is 0. The van der Waals surface area contributed by atoms with Crippen molar-refractivity contribution >= 4 is 11.8 Å². The van der Waals surface area contributed by atoms with E-state index in [9.17, 15) is 4.79 Å². The summed E-state index contributed by atoms with van der Waals surface area (Å²) in [7, 11) is 3.60. The molecule has 1 saturated carbocycles. The third-order valence-electron chi connectivity index (χ3n) is 3.87. The predicted octanol–water partition coefficient (Wildman–Crippen LogP) is 3.34. The summed E-state index contributed by atoms with van der Waals surface area (Å²) in [4.78, 5) is 12.0. The van der Waals surface area contributed by atoms with Gasteiger partial charge in [-0.2, -0.15) is 0 Å². The molecule has 1 amide bonds. The Balaban J connectivity index is 2.17. The molecule has 1 aromatic carbocycles. The molecule has 5 heteroatoms. The lowest BCUT2D eigenvalue weighted by Crippen LogP contribution is -2.31. The average Bonchev–Trinajstić information content (AvgIpc) is 3.19. The number of likely N-dealkylation sites (N-methyl/N-ethyl adjacent to an activating group) is 1. The number of methoxy groups -OCH3 is 1. The Hall–Kier alpha value is -1.75. The SMILES string of the molecule is CNC1(Cc2ccc(OC)cc2NC(=O)OC(C)(C)C)CC1. The Kier molecular flexibility index (Phi) is 4.66. The van der Waals surface area contributed by atoms with E-state index in [0.717, 1.165) is 30.5 Å². The first-order valence-electron chi connectivity index (χ1n) is 7.63. The van der Waals surface area contributed by atoms with E-state index in [2.05, 4.69) is 10.6 Å². The highest BCUT2D eigenvalue weighted by atomic mass is 16.6. The molecule has 1 aliphatic rings. The Morgan fingerprint density at radius 2 is 2.00 bits per heavy atom. The first kappa shape index (κ1) is 16.6. The van der Waals surface area contributed by atoms with Crippen LogP contribution in [0.15, 0.2) is 18.2 Å². The number of hydrogen-bond acceptors (Lipinski definition) is 4. The summed E-state index contributed by atoms with van der Waals surface area (Å²) < 4.78 is 10.6. The highest BCUT2D eigenvalue weighted by molar-refractivity contribution is 5.86. The van der Waals surface area contributed by atoms with Gasteiger partial charge in [-0.3, -0.25) is 5.32 Å². The molecule has 122 valence electrons. The molecule has 1 aromatic rings. The Morgan fingerprint density at radius 3 is 2.50 bits per heavy atom. The van der Waals surface area contributed by atoms with Crippen LogP contribution in [0.25, 0.3) is 0 Å². The number of carbonyl (C=O) groups is 1. The zero-order valence-corrected chi connectivity index (χ0v) is 14.1. The number of rotatable bonds is 5. The maximum Gasteiger partial charge on any atom is 0.412 e. The van der Waals surface area contributed by atoms with Crippen molar-refractivity contribution in [1.82, 2.24) is 5.32 Å². The van der Waals surface area contributed by atoms with Crippen molar-refractivity contribution in [3.8, 4) is 5.75 Å². The molecule has 0 saturated heterocycles. The minimum Gasteiger partial charge on any atom is -0.497 e. The van der Waals surface area contributed by atoms with Crippen molar-refractivity contribution in [3.63, 3.8) is 0 Å². The van der Waals surface area contributed by atoms with Crippen LogP contribution in [-0.4, -0.2) is 31.4 Å². The fourth-order valence-electron chi connectivity index (χ4n) is 2.40. The van der Waals surface area contributed by atoms with Gasteiger partial charge in [-0.15, -0.1) is 0 Å². The molecular formula is C17H26N2O3. The smallest absolute Gasteiger partial charge is 0.412 e. The van der Waals surface area contributed by atoms with Gasteiger partial charge in [0.1, 0.15) is 11.4 Å². The maximum absolute atomic E-state index is 12.0. The van der Waals surface area contributed by atoms with Crippen LogP contribution in [0, 0.1) is 0 Å². The summed E-state index contributed by atoms with van der Waals surface area (Å²) in [6.45, 7) is 5.54. The van der Waals surface area contributed by atoms with Gasteiger partial charge in [-0.25, -0.2) is 4.79 Å². The van der Waals surface area contributed by atoms with E-state index in [0.29, 0.717) is 5.75 Å². The largest absolute Gasteiger partial charge is 0.497 e. The highest BCUT2D eigenvalue weighted by Crippen LogP contribution is 2.40. The van der Waals surface area contributed by atoms with Crippen LogP contribution in [0.5, 0.6) is 5.75 Å². The van der Waals surface area contributed by atoms with E-state index in [4.69, 9.17) is 9.47 Å². The molecule has 1 aliphatic carbocycles. The number of carbonyl (C=O) groups excluding carboxylic acids is 1. The third-order valence-corrected chi connectivity index (χ3v) is 3.87. The van der Waals surface area contributed by atoms with Crippen molar-refractivity contribution in [2.75, 3.05) is 19.5 Å². The highest BCUT2D eigenvalue weighted by Gasteiger charge is 2.41. The van der Waals surface area contributed by atoms with Crippen LogP contribution in [-0.2, 0) is 11.2 Å². The number of anilines is 1. The fraction of sp³-hybridized carbons (Fsp3) is 0.588. The standard InChI is InChI=1S/C17H26N2O3/c1-16(2,3)22-15(20)19-14-10-13(21-5)7-6-12(14)11-17(18-4)8-9-17/h6-7,10,18H,8-9,11H2,1-5H3,(H,19,20). The first-order chi connectivity index (χ1) is 10.3. The molecule has 0 radical (unpaired) electrons. The van der Waals surface area contributed by atoms with Gasteiger partial charge in [0.05, 0.1) is 12.8 Å². The van der Waals surface area contributed by atoms with E-state index in [-0.39, 0.29) is 5.54 Å². The van der Waals surface area contributed by atoms with Crippen LogP contribution in [0.1, 0.15) is 39.2 Å². The third kappa shape index (κ3) is 4.37. The number of hydrogen-bond donors (Lipinski definition) is 2. The molecule has 1 fully saturated rings. The fourth-order valence-corrected chi connectivity index (χ4v) is 2.40. The zero-order chi connectivity index (χ0) is 16.4. The summed E-state index contributed by atoms with van der Waals surface area (Å²) in [5.41, 5.74) is 1.47. The minimum atomic E-state index is -0.522.